The lowest BCUT2D eigenvalue weighted by Crippen LogP contribution is -2.23. The van der Waals surface area contributed by atoms with Crippen LogP contribution in [0, 0.1) is 0 Å². The monoisotopic (exact) mass is 259 g/mol. The first kappa shape index (κ1) is 13.7. The fourth-order valence-corrected chi connectivity index (χ4v) is 2.20. The molecule has 1 N–H and O–H groups in total. The van der Waals surface area contributed by atoms with Gasteiger partial charge in [0.15, 0.2) is 0 Å². The van der Waals surface area contributed by atoms with E-state index in [1.807, 2.05) is 24.3 Å². The highest BCUT2D eigenvalue weighted by molar-refractivity contribution is 5.30. The summed E-state index contributed by atoms with van der Waals surface area (Å²) in [5.41, 5.74) is 1.21. The van der Waals surface area contributed by atoms with E-state index in [0.717, 1.165) is 17.9 Å². The lowest BCUT2D eigenvalue weighted by molar-refractivity contribution is 0.375. The van der Waals surface area contributed by atoms with Gasteiger partial charge in [0.25, 0.3) is 0 Å². The van der Waals surface area contributed by atoms with Crippen LogP contribution in [-0.2, 0) is 0 Å². The Bertz CT molecular complexity index is 493. The van der Waals surface area contributed by atoms with Crippen molar-refractivity contribution in [1.29, 1.82) is 0 Å². The Morgan fingerprint density at radius 3 is 2.74 bits per heavy atom. The molecule has 1 aromatic carbocycles. The second-order valence-corrected chi connectivity index (χ2v) is 4.64. The Morgan fingerprint density at radius 1 is 1.26 bits per heavy atom. The van der Waals surface area contributed by atoms with E-state index in [4.69, 9.17) is 9.15 Å². The molecule has 1 heterocycles. The Hall–Kier alpha value is -1.74. The quantitative estimate of drug-likeness (QED) is 0.848. The van der Waals surface area contributed by atoms with E-state index in [9.17, 15) is 0 Å². The molecule has 0 bridgehead atoms. The van der Waals surface area contributed by atoms with Gasteiger partial charge in [0.2, 0.25) is 0 Å². The molecule has 0 saturated carbocycles. The number of rotatable bonds is 6. The highest BCUT2D eigenvalue weighted by Crippen LogP contribution is 2.24. The Kier molecular flexibility index (Phi) is 4.63. The third-order valence-electron chi connectivity index (χ3n) is 3.34. The van der Waals surface area contributed by atoms with Crippen molar-refractivity contribution in [3.8, 4) is 5.75 Å². The van der Waals surface area contributed by atoms with E-state index in [-0.39, 0.29) is 12.1 Å². The molecule has 3 heteroatoms. The van der Waals surface area contributed by atoms with Crippen molar-refractivity contribution in [2.45, 2.75) is 32.4 Å². The van der Waals surface area contributed by atoms with E-state index in [1.54, 1.807) is 13.4 Å². The highest BCUT2D eigenvalue weighted by Gasteiger charge is 2.16. The second-order valence-electron chi connectivity index (χ2n) is 4.64. The molecule has 19 heavy (non-hydrogen) atoms. The number of nitrogens with one attached hydrogen (secondary N) is 1. The summed E-state index contributed by atoms with van der Waals surface area (Å²) in [6.07, 6.45) is 2.71. The van der Waals surface area contributed by atoms with Crippen LogP contribution in [0.25, 0.3) is 0 Å². The molecule has 3 nitrogen and oxygen atoms in total. The molecule has 1 aromatic heterocycles. The lowest BCUT2D eigenvalue weighted by atomic mass is 10.1. The van der Waals surface area contributed by atoms with Crippen molar-refractivity contribution in [3.05, 3.63) is 54.0 Å². The first-order chi connectivity index (χ1) is 9.24. The third-order valence-corrected chi connectivity index (χ3v) is 3.34. The maximum Gasteiger partial charge on any atom is 0.120 e. The Balaban J connectivity index is 2.08. The molecule has 0 amide bonds. The molecule has 0 radical (unpaired) electrons. The predicted molar refractivity (Wildman–Crippen MR) is 76.3 cm³/mol. The summed E-state index contributed by atoms with van der Waals surface area (Å²) < 4.78 is 10.7. The smallest absolute Gasteiger partial charge is 0.120 e. The lowest BCUT2D eigenvalue weighted by Gasteiger charge is -2.21. The summed E-state index contributed by atoms with van der Waals surface area (Å²) in [6, 6.07) is 12.6. The van der Waals surface area contributed by atoms with Crippen molar-refractivity contribution < 1.29 is 9.15 Å². The van der Waals surface area contributed by atoms with E-state index < -0.39 is 0 Å². The number of hydrogen-bond donors (Lipinski definition) is 1. The van der Waals surface area contributed by atoms with Crippen molar-refractivity contribution in [2.75, 3.05) is 7.11 Å². The minimum atomic E-state index is 0.233. The van der Waals surface area contributed by atoms with Crippen LogP contribution in [0.1, 0.15) is 43.7 Å². The SMILES string of the molecule is CCC(N[C@@H](C)c1cccc(OC)c1)c1ccco1. The molecule has 2 aromatic rings. The summed E-state index contributed by atoms with van der Waals surface area (Å²) in [7, 11) is 1.69. The first-order valence-corrected chi connectivity index (χ1v) is 6.68. The maximum atomic E-state index is 5.48. The Labute approximate surface area is 114 Å². The van der Waals surface area contributed by atoms with Crippen LogP contribution in [0.5, 0.6) is 5.75 Å². The fraction of sp³-hybridized carbons (Fsp3) is 0.375. The zero-order chi connectivity index (χ0) is 13.7. The minimum absolute atomic E-state index is 0.233. The van der Waals surface area contributed by atoms with Crippen LogP contribution >= 0.6 is 0 Å². The average Bonchev–Trinajstić information content (AvgIpc) is 2.98. The third kappa shape index (κ3) is 3.38. The standard InChI is InChI=1S/C16H21NO2/c1-4-15(16-9-6-10-19-16)17-12(2)13-7-5-8-14(11-13)18-3/h5-12,15,17H,4H2,1-3H3/t12-,15?/m0/s1. The molecule has 0 saturated heterocycles. The van der Waals surface area contributed by atoms with E-state index in [2.05, 4.69) is 31.3 Å². The second kappa shape index (κ2) is 6.43. The van der Waals surface area contributed by atoms with Gasteiger partial charge in [-0.25, -0.2) is 0 Å². The number of furan rings is 1. The average molecular weight is 259 g/mol. The number of ether oxygens (including phenoxy) is 1. The van der Waals surface area contributed by atoms with Crippen LogP contribution < -0.4 is 10.1 Å². The predicted octanol–water partition coefficient (Wildman–Crippen LogP) is 4.09. The molecular formula is C16H21NO2. The van der Waals surface area contributed by atoms with Crippen molar-refractivity contribution in [2.24, 2.45) is 0 Å². The summed E-state index contributed by atoms with van der Waals surface area (Å²) in [6.45, 7) is 4.30. The molecule has 2 atom stereocenters. The van der Waals surface area contributed by atoms with Crippen LogP contribution in [-0.4, -0.2) is 7.11 Å². The van der Waals surface area contributed by atoms with E-state index >= 15 is 0 Å². The normalized spacial score (nSPS) is 14.1. The Morgan fingerprint density at radius 2 is 2.11 bits per heavy atom. The van der Waals surface area contributed by atoms with Gasteiger partial charge in [-0.15, -0.1) is 0 Å². The van der Waals surface area contributed by atoms with Gasteiger partial charge >= 0.3 is 0 Å². The van der Waals surface area contributed by atoms with Gasteiger partial charge in [0.1, 0.15) is 11.5 Å². The fourth-order valence-electron chi connectivity index (χ4n) is 2.20. The van der Waals surface area contributed by atoms with Gasteiger partial charge in [-0.3, -0.25) is 0 Å². The van der Waals surface area contributed by atoms with Gasteiger partial charge in [0.05, 0.1) is 19.4 Å². The van der Waals surface area contributed by atoms with Crippen molar-refractivity contribution >= 4 is 0 Å². The zero-order valence-corrected chi connectivity index (χ0v) is 11.7. The van der Waals surface area contributed by atoms with Gasteiger partial charge < -0.3 is 14.5 Å². The van der Waals surface area contributed by atoms with Crippen molar-refractivity contribution in [3.63, 3.8) is 0 Å². The maximum absolute atomic E-state index is 5.48. The van der Waals surface area contributed by atoms with Crippen LogP contribution in [0.2, 0.25) is 0 Å². The van der Waals surface area contributed by atoms with Crippen LogP contribution in [0.15, 0.2) is 47.1 Å². The number of methoxy groups -OCH3 is 1. The molecule has 102 valence electrons. The molecule has 0 aliphatic rings. The first-order valence-electron chi connectivity index (χ1n) is 6.68. The largest absolute Gasteiger partial charge is 0.497 e. The van der Waals surface area contributed by atoms with Crippen LogP contribution in [0.3, 0.4) is 0 Å². The zero-order valence-electron chi connectivity index (χ0n) is 11.7. The molecule has 2 rings (SSSR count). The molecule has 0 aliphatic carbocycles. The van der Waals surface area contributed by atoms with Gasteiger partial charge in [0, 0.05) is 6.04 Å². The molecule has 0 aliphatic heterocycles. The van der Waals surface area contributed by atoms with Crippen LogP contribution in [0.4, 0.5) is 0 Å². The summed E-state index contributed by atoms with van der Waals surface area (Å²) in [5, 5.41) is 3.59. The molecular weight excluding hydrogens is 238 g/mol. The van der Waals surface area contributed by atoms with E-state index in [1.165, 1.54) is 5.56 Å². The number of benzene rings is 1. The molecule has 0 spiro atoms. The highest BCUT2D eigenvalue weighted by atomic mass is 16.5. The van der Waals surface area contributed by atoms with Gasteiger partial charge in [-0.05, 0) is 43.2 Å². The summed E-state index contributed by atoms with van der Waals surface area (Å²) >= 11 is 0. The van der Waals surface area contributed by atoms with Crippen molar-refractivity contribution in [1.82, 2.24) is 5.32 Å². The minimum Gasteiger partial charge on any atom is -0.497 e. The topological polar surface area (TPSA) is 34.4 Å². The number of hydrogen-bond acceptors (Lipinski definition) is 3. The van der Waals surface area contributed by atoms with Gasteiger partial charge in [-0.2, -0.15) is 0 Å². The summed E-state index contributed by atoms with van der Waals surface area (Å²) in [5.74, 6) is 1.87. The molecule has 1 unspecified atom stereocenters. The molecule has 0 fully saturated rings. The van der Waals surface area contributed by atoms with Gasteiger partial charge in [-0.1, -0.05) is 19.1 Å². The summed E-state index contributed by atoms with van der Waals surface area (Å²) in [4.78, 5) is 0. The van der Waals surface area contributed by atoms with E-state index in [0.29, 0.717) is 0 Å².